The Balaban J connectivity index is 2.19. The maximum Gasteiger partial charge on any atom is 0.330 e. The van der Waals surface area contributed by atoms with Gasteiger partial charge >= 0.3 is 5.69 Å². The molecule has 3 aromatic heterocycles. The van der Waals surface area contributed by atoms with E-state index in [2.05, 4.69) is 9.97 Å². The summed E-state index contributed by atoms with van der Waals surface area (Å²) in [4.78, 5) is 58.9. The number of hydrogen-bond donors (Lipinski definition) is 2. The first-order chi connectivity index (χ1) is 14.8. The van der Waals surface area contributed by atoms with Crippen LogP contribution in [0, 0.1) is 5.92 Å². The van der Waals surface area contributed by atoms with Crippen molar-refractivity contribution in [2.24, 2.45) is 5.92 Å². The van der Waals surface area contributed by atoms with Gasteiger partial charge in [0.25, 0.3) is 17.0 Å². The molecule has 31 heavy (non-hydrogen) atoms. The van der Waals surface area contributed by atoms with Gasteiger partial charge in [0, 0.05) is 25.5 Å². The highest BCUT2D eigenvalue weighted by Crippen LogP contribution is 2.20. The Kier molecular flexibility index (Phi) is 6.38. The van der Waals surface area contributed by atoms with E-state index >= 15 is 0 Å². The largest absolute Gasteiger partial charge is 0.383 e. The van der Waals surface area contributed by atoms with Crippen LogP contribution in [0.4, 0.5) is 11.5 Å². The van der Waals surface area contributed by atoms with E-state index in [0.717, 1.165) is 6.42 Å². The smallest absolute Gasteiger partial charge is 0.330 e. The van der Waals surface area contributed by atoms with Crippen LogP contribution in [0.1, 0.15) is 44.0 Å². The van der Waals surface area contributed by atoms with E-state index in [1.807, 2.05) is 20.8 Å². The van der Waals surface area contributed by atoms with Gasteiger partial charge in [-0.05, 0) is 24.5 Å². The topological polar surface area (TPSA) is 136 Å². The van der Waals surface area contributed by atoms with Gasteiger partial charge in [0.2, 0.25) is 0 Å². The number of nitrogens with zero attached hydrogens (tertiary/aromatic N) is 4. The van der Waals surface area contributed by atoms with E-state index in [9.17, 15) is 19.2 Å². The number of hydrogen-bond acceptors (Lipinski definition) is 6. The van der Waals surface area contributed by atoms with Gasteiger partial charge in [0.1, 0.15) is 17.0 Å². The third kappa shape index (κ3) is 4.27. The van der Waals surface area contributed by atoms with Gasteiger partial charge in [-0.25, -0.2) is 9.78 Å². The Labute approximate surface area is 178 Å². The number of aromatic nitrogens is 4. The van der Waals surface area contributed by atoms with E-state index in [0.29, 0.717) is 12.1 Å². The van der Waals surface area contributed by atoms with Gasteiger partial charge in [-0.3, -0.25) is 28.3 Å². The summed E-state index contributed by atoms with van der Waals surface area (Å²) in [5.41, 5.74) is 4.29. The fourth-order valence-corrected chi connectivity index (χ4v) is 3.33. The SMILES string of the molecule is CCCCN(C(=O)c1cnc2ccccn2c1=O)c1c(N)n(CC(C)C)c(=O)[nH]c1=O. The number of anilines is 2. The van der Waals surface area contributed by atoms with Gasteiger partial charge in [0.15, 0.2) is 5.69 Å². The van der Waals surface area contributed by atoms with E-state index < -0.39 is 22.7 Å². The molecule has 0 atom stereocenters. The molecule has 0 aliphatic carbocycles. The summed E-state index contributed by atoms with van der Waals surface area (Å²) >= 11 is 0. The highest BCUT2D eigenvalue weighted by atomic mass is 16.2. The molecule has 3 aromatic rings. The lowest BCUT2D eigenvalue weighted by Gasteiger charge is -2.24. The first-order valence-corrected chi connectivity index (χ1v) is 10.2. The van der Waals surface area contributed by atoms with Crippen LogP contribution in [0.5, 0.6) is 0 Å². The van der Waals surface area contributed by atoms with Crippen molar-refractivity contribution in [2.75, 3.05) is 17.2 Å². The van der Waals surface area contributed by atoms with Crippen LogP contribution in [0.2, 0.25) is 0 Å². The zero-order chi connectivity index (χ0) is 22.7. The molecular formula is C21H26N6O4. The molecule has 3 N–H and O–H groups in total. The normalized spacial score (nSPS) is 11.2. The fraction of sp³-hybridized carbons (Fsp3) is 0.381. The molecule has 0 aliphatic rings. The molecule has 0 saturated carbocycles. The molecule has 0 saturated heterocycles. The molecule has 3 rings (SSSR count). The van der Waals surface area contributed by atoms with Crippen molar-refractivity contribution in [3.63, 3.8) is 0 Å². The number of fused-ring (bicyclic) bond motifs is 1. The summed E-state index contributed by atoms with van der Waals surface area (Å²) in [6.45, 7) is 6.16. The van der Waals surface area contributed by atoms with Crippen molar-refractivity contribution < 1.29 is 4.79 Å². The summed E-state index contributed by atoms with van der Waals surface area (Å²) in [5.74, 6) is -0.732. The number of carbonyl (C=O) groups excluding carboxylic acids is 1. The summed E-state index contributed by atoms with van der Waals surface area (Å²) in [6.07, 6.45) is 4.02. The Morgan fingerprint density at radius 3 is 2.68 bits per heavy atom. The lowest BCUT2D eigenvalue weighted by Crippen LogP contribution is -2.43. The number of nitrogens with two attached hydrogens (primary N) is 1. The summed E-state index contributed by atoms with van der Waals surface area (Å²) in [6, 6.07) is 5.04. The average molecular weight is 426 g/mol. The van der Waals surface area contributed by atoms with Crippen molar-refractivity contribution >= 4 is 23.1 Å². The fourth-order valence-electron chi connectivity index (χ4n) is 3.33. The average Bonchev–Trinajstić information content (AvgIpc) is 2.73. The van der Waals surface area contributed by atoms with Crippen molar-refractivity contribution in [1.29, 1.82) is 0 Å². The van der Waals surface area contributed by atoms with Crippen molar-refractivity contribution in [2.45, 2.75) is 40.2 Å². The zero-order valence-electron chi connectivity index (χ0n) is 17.8. The lowest BCUT2D eigenvalue weighted by molar-refractivity contribution is 0.0984. The molecule has 0 radical (unpaired) electrons. The highest BCUT2D eigenvalue weighted by Gasteiger charge is 2.27. The molecule has 0 spiro atoms. The quantitative estimate of drug-likeness (QED) is 0.583. The predicted octanol–water partition coefficient (Wildman–Crippen LogP) is 1.23. The van der Waals surface area contributed by atoms with Gasteiger partial charge < -0.3 is 10.6 Å². The number of carbonyl (C=O) groups is 1. The van der Waals surface area contributed by atoms with Crippen molar-refractivity contribution in [3.8, 4) is 0 Å². The minimum Gasteiger partial charge on any atom is -0.383 e. The minimum atomic E-state index is -0.777. The molecule has 0 unspecified atom stereocenters. The van der Waals surface area contributed by atoms with Crippen LogP contribution < -0.4 is 27.4 Å². The minimum absolute atomic E-state index is 0.0767. The highest BCUT2D eigenvalue weighted by molar-refractivity contribution is 6.06. The van der Waals surface area contributed by atoms with Crippen LogP contribution in [-0.4, -0.2) is 31.4 Å². The molecule has 10 heteroatoms. The summed E-state index contributed by atoms with van der Waals surface area (Å²) < 4.78 is 2.50. The summed E-state index contributed by atoms with van der Waals surface area (Å²) in [7, 11) is 0. The van der Waals surface area contributed by atoms with Crippen molar-refractivity contribution in [1.82, 2.24) is 18.9 Å². The number of amides is 1. The first kappa shape index (κ1) is 22.0. The second kappa shape index (κ2) is 8.99. The third-order valence-electron chi connectivity index (χ3n) is 4.86. The third-order valence-corrected chi connectivity index (χ3v) is 4.86. The number of nitrogen functional groups attached to an aromatic ring is 1. The van der Waals surface area contributed by atoms with Crippen LogP contribution in [0.25, 0.3) is 5.65 Å². The first-order valence-electron chi connectivity index (χ1n) is 10.2. The second-order valence-corrected chi connectivity index (χ2v) is 7.71. The molecule has 0 bridgehead atoms. The Hall–Kier alpha value is -3.69. The molecular weight excluding hydrogens is 400 g/mol. The van der Waals surface area contributed by atoms with E-state index in [1.54, 1.807) is 18.2 Å². The van der Waals surface area contributed by atoms with E-state index in [1.165, 1.54) is 26.3 Å². The Bertz CT molecular complexity index is 1290. The standard InChI is InChI=1S/C21H26N6O4/c1-4-5-9-26(16-17(22)27(12-13(2)3)21(31)24-18(16)28)20(30)14-11-23-15-8-6-7-10-25(15)19(14)29/h6-8,10-11,13H,4-5,9,12,22H2,1-3H3,(H,24,28,31). The molecule has 0 aliphatic heterocycles. The molecule has 0 fully saturated rings. The summed E-state index contributed by atoms with van der Waals surface area (Å²) in [5, 5.41) is 0. The van der Waals surface area contributed by atoms with Gasteiger partial charge in [-0.2, -0.15) is 0 Å². The second-order valence-electron chi connectivity index (χ2n) is 7.71. The molecule has 10 nitrogen and oxygen atoms in total. The number of nitrogens with one attached hydrogen (secondary N) is 1. The van der Waals surface area contributed by atoms with E-state index in [4.69, 9.17) is 5.73 Å². The Morgan fingerprint density at radius 1 is 1.26 bits per heavy atom. The lowest BCUT2D eigenvalue weighted by atomic mass is 10.2. The van der Waals surface area contributed by atoms with E-state index in [-0.39, 0.29) is 36.1 Å². The zero-order valence-corrected chi connectivity index (χ0v) is 17.8. The maximum atomic E-state index is 13.4. The monoisotopic (exact) mass is 426 g/mol. The number of aromatic amines is 1. The van der Waals surface area contributed by atoms with Crippen LogP contribution in [0.15, 0.2) is 45.0 Å². The van der Waals surface area contributed by atoms with Crippen LogP contribution >= 0.6 is 0 Å². The van der Waals surface area contributed by atoms with Crippen molar-refractivity contribution in [3.05, 3.63) is 67.3 Å². The number of pyridine rings is 1. The Morgan fingerprint density at radius 2 is 2.00 bits per heavy atom. The predicted molar refractivity (Wildman–Crippen MR) is 119 cm³/mol. The molecule has 164 valence electrons. The number of unbranched alkanes of at least 4 members (excludes halogenated alkanes) is 1. The van der Waals surface area contributed by atoms with Crippen LogP contribution in [0.3, 0.4) is 0 Å². The van der Waals surface area contributed by atoms with Crippen LogP contribution in [-0.2, 0) is 6.54 Å². The number of rotatable bonds is 7. The molecule has 1 amide bonds. The molecule has 0 aromatic carbocycles. The number of H-pyrrole nitrogens is 1. The molecule has 3 heterocycles. The van der Waals surface area contributed by atoms with Gasteiger partial charge in [-0.15, -0.1) is 0 Å². The van der Waals surface area contributed by atoms with Gasteiger partial charge in [0.05, 0.1) is 0 Å². The maximum absolute atomic E-state index is 13.4. The van der Waals surface area contributed by atoms with Gasteiger partial charge in [-0.1, -0.05) is 33.3 Å².